The monoisotopic (exact) mass is 386 g/mol. The fourth-order valence-electron chi connectivity index (χ4n) is 3.67. The molecule has 2 aromatic heterocycles. The van der Waals surface area contributed by atoms with Crippen LogP contribution in [0.1, 0.15) is 48.9 Å². The lowest BCUT2D eigenvalue weighted by atomic mass is 9.97. The van der Waals surface area contributed by atoms with Crippen LogP contribution in [0, 0.1) is 24.2 Å². The molecule has 7 heteroatoms. The predicted molar refractivity (Wildman–Crippen MR) is 104 cm³/mol. The zero-order chi connectivity index (χ0) is 18.3. The second-order valence-corrected chi connectivity index (χ2v) is 9.44. The quantitative estimate of drug-likeness (QED) is 0.625. The molecule has 1 N–H and O–H groups in total. The Morgan fingerprint density at radius 3 is 2.88 bits per heavy atom. The van der Waals surface area contributed by atoms with Gasteiger partial charge in [-0.1, -0.05) is 11.8 Å². The summed E-state index contributed by atoms with van der Waals surface area (Å²) < 4.78 is 0. The molecule has 26 heavy (non-hydrogen) atoms. The molecule has 0 unspecified atom stereocenters. The van der Waals surface area contributed by atoms with Crippen LogP contribution in [0.2, 0.25) is 0 Å². The van der Waals surface area contributed by atoms with Crippen molar-refractivity contribution in [1.29, 1.82) is 5.26 Å². The first kappa shape index (κ1) is 17.7. The van der Waals surface area contributed by atoms with Crippen molar-refractivity contribution in [2.45, 2.75) is 62.9 Å². The molecule has 0 aromatic carbocycles. The summed E-state index contributed by atoms with van der Waals surface area (Å²) in [5.74, 6) is 1.22. The number of thioether (sulfide) groups is 1. The van der Waals surface area contributed by atoms with E-state index in [-0.39, 0.29) is 11.7 Å². The zero-order valence-corrected chi connectivity index (χ0v) is 16.7. The van der Waals surface area contributed by atoms with Crippen molar-refractivity contribution >= 4 is 39.2 Å². The topological polar surface area (TPSA) is 78.7 Å². The molecule has 0 aliphatic heterocycles. The summed E-state index contributed by atoms with van der Waals surface area (Å²) >= 11 is 3.25. The largest absolute Gasteiger partial charge is 0.337 e. The lowest BCUT2D eigenvalue weighted by Crippen LogP contribution is -2.47. The second-order valence-electron chi connectivity index (χ2n) is 7.39. The van der Waals surface area contributed by atoms with E-state index in [1.165, 1.54) is 35.0 Å². The minimum Gasteiger partial charge on any atom is -0.337 e. The number of nitrogens with one attached hydrogen (secondary N) is 1. The number of hydrogen-bond acceptors (Lipinski definition) is 6. The fraction of sp³-hybridized carbons (Fsp3) is 0.579. The normalized spacial score (nSPS) is 18.8. The third-order valence-electron chi connectivity index (χ3n) is 5.26. The van der Waals surface area contributed by atoms with Gasteiger partial charge in [0.2, 0.25) is 5.91 Å². The Morgan fingerprint density at radius 2 is 2.15 bits per heavy atom. The van der Waals surface area contributed by atoms with Crippen molar-refractivity contribution < 1.29 is 4.79 Å². The zero-order valence-electron chi connectivity index (χ0n) is 15.1. The molecule has 2 heterocycles. The van der Waals surface area contributed by atoms with E-state index < -0.39 is 5.54 Å². The van der Waals surface area contributed by atoms with Gasteiger partial charge in [-0.05, 0) is 63.9 Å². The molecule has 2 aromatic rings. The highest BCUT2D eigenvalue weighted by Gasteiger charge is 2.43. The van der Waals surface area contributed by atoms with Crippen LogP contribution in [0.15, 0.2) is 5.03 Å². The van der Waals surface area contributed by atoms with Crippen LogP contribution in [-0.4, -0.2) is 27.2 Å². The molecule has 0 saturated heterocycles. The van der Waals surface area contributed by atoms with Gasteiger partial charge in [-0.2, -0.15) is 5.26 Å². The highest BCUT2D eigenvalue weighted by Crippen LogP contribution is 2.40. The third kappa shape index (κ3) is 3.33. The third-order valence-corrected chi connectivity index (χ3v) is 7.42. The molecular weight excluding hydrogens is 364 g/mol. The first-order valence-corrected chi connectivity index (χ1v) is 10.9. The summed E-state index contributed by atoms with van der Waals surface area (Å²) in [7, 11) is 0. The fourth-order valence-corrected chi connectivity index (χ4v) is 5.94. The number of carbonyl (C=O) groups is 1. The Labute approximate surface area is 161 Å². The van der Waals surface area contributed by atoms with Crippen LogP contribution in [-0.2, 0) is 17.6 Å². The summed E-state index contributed by atoms with van der Waals surface area (Å²) in [5.41, 5.74) is 0.648. The number of nitrogens with zero attached hydrogens (tertiary/aromatic N) is 3. The number of thiophene rings is 1. The molecule has 4 rings (SSSR count). The number of rotatable bonds is 5. The van der Waals surface area contributed by atoms with Crippen LogP contribution >= 0.6 is 23.1 Å². The Morgan fingerprint density at radius 1 is 1.38 bits per heavy atom. The molecule has 1 saturated carbocycles. The van der Waals surface area contributed by atoms with Gasteiger partial charge in [0.15, 0.2) is 0 Å². The van der Waals surface area contributed by atoms with Gasteiger partial charge in [0.25, 0.3) is 0 Å². The van der Waals surface area contributed by atoms with E-state index >= 15 is 0 Å². The maximum atomic E-state index is 12.4. The Balaban J connectivity index is 1.54. The van der Waals surface area contributed by atoms with E-state index in [0.29, 0.717) is 5.92 Å². The summed E-state index contributed by atoms with van der Waals surface area (Å²) in [5, 5.41) is 14.4. The second kappa shape index (κ2) is 6.82. The molecule has 2 aliphatic rings. The number of aryl methyl sites for hydroxylation is 3. The molecule has 2 aliphatic carbocycles. The van der Waals surface area contributed by atoms with Crippen LogP contribution in [0.3, 0.4) is 0 Å². The lowest BCUT2D eigenvalue weighted by molar-refractivity contribution is -0.119. The van der Waals surface area contributed by atoms with Gasteiger partial charge in [0.1, 0.15) is 21.2 Å². The van der Waals surface area contributed by atoms with Crippen molar-refractivity contribution in [3.05, 3.63) is 16.3 Å². The Hall–Kier alpha value is -1.65. The van der Waals surface area contributed by atoms with E-state index in [4.69, 9.17) is 0 Å². The molecule has 1 fully saturated rings. The van der Waals surface area contributed by atoms with Crippen molar-refractivity contribution in [3.63, 3.8) is 0 Å². The van der Waals surface area contributed by atoms with Crippen LogP contribution in [0.25, 0.3) is 10.2 Å². The number of fused-ring (bicyclic) bond motifs is 3. The van der Waals surface area contributed by atoms with Crippen molar-refractivity contribution in [3.8, 4) is 6.07 Å². The average molecular weight is 387 g/mol. The van der Waals surface area contributed by atoms with E-state index in [1.54, 1.807) is 11.3 Å². The predicted octanol–water partition coefficient (Wildman–Crippen LogP) is 3.78. The maximum Gasteiger partial charge on any atom is 0.231 e. The van der Waals surface area contributed by atoms with Gasteiger partial charge >= 0.3 is 0 Å². The number of carbonyl (C=O) groups excluding carboxylic acids is 1. The van der Waals surface area contributed by atoms with Gasteiger partial charge in [-0.3, -0.25) is 4.79 Å². The molecule has 136 valence electrons. The van der Waals surface area contributed by atoms with Crippen LogP contribution in [0.5, 0.6) is 0 Å². The Kier molecular flexibility index (Phi) is 4.66. The number of amides is 1. The standard InChI is InChI=1S/C19H22N4OS2/c1-11-21-17(16-13-5-3-4-6-14(13)26-18(16)22-11)25-9-15(24)23-19(2,10-20)12-7-8-12/h12H,3-9H2,1-2H3,(H,23,24)/t19-/m1/s1. The number of nitriles is 1. The molecule has 0 radical (unpaired) electrons. The van der Waals surface area contributed by atoms with E-state index in [2.05, 4.69) is 21.4 Å². The smallest absolute Gasteiger partial charge is 0.231 e. The van der Waals surface area contributed by atoms with Crippen LogP contribution in [0.4, 0.5) is 0 Å². The minimum atomic E-state index is -0.740. The highest BCUT2D eigenvalue weighted by atomic mass is 32.2. The molecule has 5 nitrogen and oxygen atoms in total. The highest BCUT2D eigenvalue weighted by molar-refractivity contribution is 8.00. The van der Waals surface area contributed by atoms with E-state index in [9.17, 15) is 10.1 Å². The summed E-state index contributed by atoms with van der Waals surface area (Å²) in [6.45, 7) is 3.73. The number of aromatic nitrogens is 2. The molecule has 0 bridgehead atoms. The van der Waals surface area contributed by atoms with Crippen LogP contribution < -0.4 is 5.32 Å². The molecule has 1 amide bonds. The van der Waals surface area contributed by atoms with Gasteiger partial charge < -0.3 is 5.32 Å². The summed E-state index contributed by atoms with van der Waals surface area (Å²) in [4.78, 5) is 24.2. The summed E-state index contributed by atoms with van der Waals surface area (Å²) in [6.07, 6.45) is 6.69. The van der Waals surface area contributed by atoms with E-state index in [1.807, 2.05) is 13.8 Å². The van der Waals surface area contributed by atoms with Crippen molar-refractivity contribution in [2.24, 2.45) is 5.92 Å². The number of hydrogen-bond donors (Lipinski definition) is 1. The first-order valence-electron chi connectivity index (χ1n) is 9.14. The maximum absolute atomic E-state index is 12.4. The van der Waals surface area contributed by atoms with Gasteiger partial charge in [-0.15, -0.1) is 11.3 Å². The van der Waals surface area contributed by atoms with Gasteiger partial charge in [-0.25, -0.2) is 9.97 Å². The van der Waals surface area contributed by atoms with Crippen molar-refractivity contribution in [2.75, 3.05) is 5.75 Å². The molecule has 1 atom stereocenters. The van der Waals surface area contributed by atoms with Gasteiger partial charge in [0.05, 0.1) is 11.8 Å². The molecular formula is C19H22N4OS2. The SMILES string of the molecule is Cc1nc(SCC(=O)N[C@](C)(C#N)C2CC2)c2c3c(sc2n1)CCCC3. The lowest BCUT2D eigenvalue weighted by Gasteiger charge is -2.22. The first-order chi connectivity index (χ1) is 12.5. The van der Waals surface area contributed by atoms with Crippen molar-refractivity contribution in [1.82, 2.24) is 15.3 Å². The minimum absolute atomic E-state index is 0.0977. The average Bonchev–Trinajstić information content (AvgIpc) is 3.41. The summed E-state index contributed by atoms with van der Waals surface area (Å²) in [6, 6.07) is 2.28. The van der Waals surface area contributed by atoms with Gasteiger partial charge in [0, 0.05) is 10.3 Å². The molecule has 0 spiro atoms. The Bertz CT molecular complexity index is 912. The van der Waals surface area contributed by atoms with E-state index in [0.717, 1.165) is 46.8 Å².